The van der Waals surface area contributed by atoms with Crippen LogP contribution in [0, 0.1) is 0 Å². The molecule has 0 aliphatic heterocycles. The Morgan fingerprint density at radius 3 is 2.45 bits per heavy atom. The fraction of sp³-hybridized carbons (Fsp3) is 0.208. The minimum absolute atomic E-state index is 0.200. The number of hydrogen-bond acceptors (Lipinski definition) is 6. The lowest BCUT2D eigenvalue weighted by atomic mass is 10.1. The number of rotatable bonds is 8. The van der Waals surface area contributed by atoms with Gasteiger partial charge in [-0.3, -0.25) is 14.2 Å². The quantitative estimate of drug-likeness (QED) is 0.415. The lowest BCUT2D eigenvalue weighted by Crippen LogP contribution is -2.45. The van der Waals surface area contributed by atoms with Gasteiger partial charge in [-0.15, -0.1) is 0 Å². The number of esters is 1. The van der Waals surface area contributed by atoms with Crippen LogP contribution in [-0.2, 0) is 27.3 Å². The van der Waals surface area contributed by atoms with Crippen molar-refractivity contribution in [2.75, 3.05) is 6.61 Å². The minimum atomic E-state index is -0.868. The van der Waals surface area contributed by atoms with Crippen molar-refractivity contribution in [3.8, 4) is 5.69 Å². The first-order valence-electron chi connectivity index (χ1n) is 10.6. The number of hydrogen-bond donors (Lipinski definition) is 1. The van der Waals surface area contributed by atoms with Crippen LogP contribution in [-0.4, -0.2) is 43.9 Å². The van der Waals surface area contributed by atoms with Gasteiger partial charge in [-0.05, 0) is 24.6 Å². The molecule has 2 aromatic carbocycles. The maximum absolute atomic E-state index is 12.9. The Morgan fingerprint density at radius 2 is 1.76 bits per heavy atom. The van der Waals surface area contributed by atoms with Gasteiger partial charge in [-0.25, -0.2) is 14.5 Å². The number of carbonyl (C=O) groups is 2. The third kappa shape index (κ3) is 4.98. The lowest BCUT2D eigenvalue weighted by molar-refractivity contribution is -0.147. The molecule has 0 saturated carbocycles. The van der Waals surface area contributed by atoms with E-state index in [2.05, 4.69) is 15.4 Å². The molecule has 168 valence electrons. The highest BCUT2D eigenvalue weighted by molar-refractivity contribution is 5.85. The zero-order chi connectivity index (χ0) is 23.2. The molecule has 4 aromatic rings. The van der Waals surface area contributed by atoms with Crippen LogP contribution in [0.5, 0.6) is 0 Å². The average Bonchev–Trinajstić information content (AvgIpc) is 3.27. The molecule has 2 aromatic heterocycles. The Balaban J connectivity index is 1.53. The second-order valence-corrected chi connectivity index (χ2v) is 7.37. The maximum Gasteiger partial charge on any atom is 0.328 e. The van der Waals surface area contributed by atoms with Crippen molar-refractivity contribution >= 4 is 22.9 Å². The van der Waals surface area contributed by atoms with Gasteiger partial charge in [-0.2, -0.15) is 5.10 Å². The number of aromatic nitrogens is 4. The summed E-state index contributed by atoms with van der Waals surface area (Å²) < 4.78 is 7.87. The lowest BCUT2D eigenvalue weighted by Gasteiger charge is -2.18. The topological polar surface area (TPSA) is 108 Å². The third-order valence-corrected chi connectivity index (χ3v) is 5.06. The summed E-state index contributed by atoms with van der Waals surface area (Å²) >= 11 is 0. The van der Waals surface area contributed by atoms with E-state index < -0.39 is 23.5 Å². The number of nitrogens with zero attached hydrogens (tertiary/aromatic N) is 4. The van der Waals surface area contributed by atoms with Gasteiger partial charge in [0.05, 0.1) is 18.5 Å². The smallest absolute Gasteiger partial charge is 0.328 e. The predicted octanol–water partition coefficient (Wildman–Crippen LogP) is 1.87. The van der Waals surface area contributed by atoms with Crippen LogP contribution in [0.2, 0.25) is 0 Å². The van der Waals surface area contributed by atoms with Gasteiger partial charge in [-0.1, -0.05) is 48.5 Å². The highest BCUT2D eigenvalue weighted by atomic mass is 16.5. The second kappa shape index (κ2) is 9.90. The van der Waals surface area contributed by atoms with Crippen molar-refractivity contribution in [2.45, 2.75) is 25.9 Å². The molecule has 0 spiro atoms. The van der Waals surface area contributed by atoms with Crippen molar-refractivity contribution in [1.29, 1.82) is 0 Å². The SMILES string of the molecule is CCOC(=O)[C@H](Cc1ccccc1)NC(=O)Cn1cnc2c(cnn2-c2ccccc2)c1=O. The summed E-state index contributed by atoms with van der Waals surface area (Å²) in [7, 11) is 0. The molecule has 1 atom stereocenters. The van der Waals surface area contributed by atoms with Crippen LogP contribution in [0.3, 0.4) is 0 Å². The van der Waals surface area contributed by atoms with Crippen LogP contribution in [0.25, 0.3) is 16.7 Å². The highest BCUT2D eigenvalue weighted by Crippen LogP contribution is 2.13. The van der Waals surface area contributed by atoms with E-state index in [-0.39, 0.29) is 19.6 Å². The normalized spacial score (nSPS) is 11.8. The molecule has 1 N–H and O–H groups in total. The van der Waals surface area contributed by atoms with E-state index in [0.717, 1.165) is 11.3 Å². The zero-order valence-corrected chi connectivity index (χ0v) is 18.0. The van der Waals surface area contributed by atoms with Gasteiger partial charge in [0, 0.05) is 6.42 Å². The Bertz CT molecular complexity index is 1320. The van der Waals surface area contributed by atoms with Crippen molar-refractivity contribution in [3.05, 3.63) is 89.1 Å². The summed E-state index contributed by atoms with van der Waals surface area (Å²) in [4.78, 5) is 42.3. The molecule has 2 heterocycles. The molecule has 1 amide bonds. The third-order valence-electron chi connectivity index (χ3n) is 5.06. The first-order valence-corrected chi connectivity index (χ1v) is 10.6. The number of benzene rings is 2. The molecule has 0 saturated heterocycles. The van der Waals surface area contributed by atoms with Crippen LogP contribution in [0.15, 0.2) is 78.0 Å². The zero-order valence-electron chi connectivity index (χ0n) is 18.0. The van der Waals surface area contributed by atoms with Crippen molar-refractivity contribution in [1.82, 2.24) is 24.6 Å². The van der Waals surface area contributed by atoms with Gasteiger partial charge in [0.25, 0.3) is 5.56 Å². The van der Waals surface area contributed by atoms with Gasteiger partial charge < -0.3 is 10.1 Å². The molecule has 0 aliphatic rings. The van der Waals surface area contributed by atoms with E-state index in [1.165, 1.54) is 17.1 Å². The number of nitrogens with one attached hydrogen (secondary N) is 1. The maximum atomic E-state index is 12.9. The van der Waals surface area contributed by atoms with E-state index in [9.17, 15) is 14.4 Å². The number of para-hydroxylation sites is 1. The van der Waals surface area contributed by atoms with Gasteiger partial charge >= 0.3 is 5.97 Å². The summed E-state index contributed by atoms with van der Waals surface area (Å²) in [5.74, 6) is -1.03. The molecule has 0 unspecified atom stereocenters. The van der Waals surface area contributed by atoms with Gasteiger partial charge in [0.15, 0.2) is 5.65 Å². The summed E-state index contributed by atoms with van der Waals surface area (Å²) in [5.41, 5.74) is 1.65. The molecule has 9 heteroatoms. The van der Waals surface area contributed by atoms with Crippen LogP contribution < -0.4 is 10.9 Å². The number of fused-ring (bicyclic) bond motifs is 1. The van der Waals surface area contributed by atoms with E-state index in [4.69, 9.17) is 4.74 Å². The fourth-order valence-corrected chi connectivity index (χ4v) is 3.50. The minimum Gasteiger partial charge on any atom is -0.464 e. The van der Waals surface area contributed by atoms with Crippen LogP contribution in [0.4, 0.5) is 0 Å². The molecule has 0 radical (unpaired) electrons. The Kier molecular flexibility index (Phi) is 6.58. The molecule has 4 rings (SSSR count). The van der Waals surface area contributed by atoms with E-state index in [1.54, 1.807) is 11.6 Å². The second-order valence-electron chi connectivity index (χ2n) is 7.37. The van der Waals surface area contributed by atoms with Crippen LogP contribution >= 0.6 is 0 Å². The summed E-state index contributed by atoms with van der Waals surface area (Å²) in [6, 6.07) is 17.8. The van der Waals surface area contributed by atoms with E-state index in [1.807, 2.05) is 60.7 Å². The fourth-order valence-electron chi connectivity index (χ4n) is 3.50. The van der Waals surface area contributed by atoms with Crippen LogP contribution in [0.1, 0.15) is 12.5 Å². The van der Waals surface area contributed by atoms with Gasteiger partial charge in [0.2, 0.25) is 5.91 Å². The number of carbonyl (C=O) groups excluding carboxylic acids is 2. The molecule has 0 fully saturated rings. The summed E-state index contributed by atoms with van der Waals surface area (Å²) in [5, 5.41) is 7.24. The summed E-state index contributed by atoms with van der Waals surface area (Å²) in [6.07, 6.45) is 3.02. The summed E-state index contributed by atoms with van der Waals surface area (Å²) in [6.45, 7) is 1.61. The number of amides is 1. The van der Waals surface area contributed by atoms with E-state index in [0.29, 0.717) is 11.0 Å². The van der Waals surface area contributed by atoms with Gasteiger partial charge in [0.1, 0.15) is 24.3 Å². The molecular weight excluding hydrogens is 422 g/mol. The number of ether oxygens (including phenoxy) is 1. The first-order chi connectivity index (χ1) is 16.1. The Hall–Kier alpha value is -4.27. The first kappa shape index (κ1) is 21.9. The van der Waals surface area contributed by atoms with E-state index >= 15 is 0 Å². The largest absolute Gasteiger partial charge is 0.464 e. The molecule has 0 aliphatic carbocycles. The van der Waals surface area contributed by atoms with Crippen molar-refractivity contribution in [2.24, 2.45) is 0 Å². The molecule has 9 nitrogen and oxygen atoms in total. The average molecular weight is 445 g/mol. The Labute approximate surface area is 189 Å². The molecule has 0 bridgehead atoms. The highest BCUT2D eigenvalue weighted by Gasteiger charge is 2.23. The Morgan fingerprint density at radius 1 is 1.06 bits per heavy atom. The molecule has 33 heavy (non-hydrogen) atoms. The monoisotopic (exact) mass is 445 g/mol. The predicted molar refractivity (Wildman–Crippen MR) is 122 cm³/mol. The van der Waals surface area contributed by atoms with Crippen molar-refractivity contribution in [3.63, 3.8) is 0 Å². The standard InChI is InChI=1S/C24H23N5O4/c1-2-33-24(32)20(13-17-9-5-3-6-10-17)27-21(30)15-28-16-25-22-19(23(28)31)14-26-29(22)18-11-7-4-8-12-18/h3-12,14,16,20H,2,13,15H2,1H3,(H,27,30)/t20-/m0/s1. The van der Waals surface area contributed by atoms with Crippen molar-refractivity contribution < 1.29 is 14.3 Å². The molecular formula is C24H23N5O4.